The van der Waals surface area contributed by atoms with Crippen LogP contribution in [0.1, 0.15) is 40.7 Å². The number of ether oxygens (including phenoxy) is 1. The van der Waals surface area contributed by atoms with E-state index in [-0.39, 0.29) is 18.1 Å². The second-order valence-corrected chi connectivity index (χ2v) is 7.64. The van der Waals surface area contributed by atoms with E-state index in [2.05, 4.69) is 27.5 Å². The molecule has 1 saturated heterocycles. The van der Waals surface area contributed by atoms with Crippen molar-refractivity contribution in [3.63, 3.8) is 0 Å². The zero-order valence-electron chi connectivity index (χ0n) is 17.1. The average Bonchev–Trinajstić information content (AvgIpc) is 3.38. The fourth-order valence-corrected chi connectivity index (χ4v) is 4.06. The average molecular weight is 393 g/mol. The Labute approximate surface area is 170 Å². The minimum absolute atomic E-state index is 0.0143. The molecule has 1 aliphatic heterocycles. The first-order valence-electron chi connectivity index (χ1n) is 9.97. The lowest BCUT2D eigenvalue weighted by molar-refractivity contribution is -0.121. The van der Waals surface area contributed by atoms with Crippen molar-refractivity contribution in [3.8, 4) is 0 Å². The summed E-state index contributed by atoms with van der Waals surface area (Å²) in [6, 6.07) is 10.1. The summed E-state index contributed by atoms with van der Waals surface area (Å²) >= 11 is 0. The van der Waals surface area contributed by atoms with E-state index in [1.165, 1.54) is 5.56 Å². The van der Waals surface area contributed by atoms with Gasteiger partial charge in [-0.25, -0.2) is 4.98 Å². The van der Waals surface area contributed by atoms with Crippen molar-refractivity contribution in [1.82, 2.24) is 24.6 Å². The quantitative estimate of drug-likeness (QED) is 0.698. The van der Waals surface area contributed by atoms with E-state index in [0.29, 0.717) is 19.6 Å². The van der Waals surface area contributed by atoms with Crippen LogP contribution in [-0.2, 0) is 29.5 Å². The van der Waals surface area contributed by atoms with Crippen molar-refractivity contribution in [2.45, 2.75) is 45.4 Å². The lowest BCUT2D eigenvalue weighted by atomic mass is 10.00. The predicted molar refractivity (Wildman–Crippen MR) is 109 cm³/mol. The van der Waals surface area contributed by atoms with Crippen LogP contribution in [0.2, 0.25) is 0 Å². The van der Waals surface area contributed by atoms with Crippen molar-refractivity contribution in [1.29, 1.82) is 0 Å². The van der Waals surface area contributed by atoms with Gasteiger partial charge < -0.3 is 14.6 Å². The van der Waals surface area contributed by atoms with Crippen LogP contribution >= 0.6 is 0 Å². The summed E-state index contributed by atoms with van der Waals surface area (Å²) in [5.41, 5.74) is 5.20. The van der Waals surface area contributed by atoms with Crippen LogP contribution in [0.4, 0.5) is 0 Å². The Kier molecular flexibility index (Phi) is 5.49. The molecule has 2 atom stereocenters. The Bertz CT molecular complexity index is 992. The second-order valence-electron chi connectivity index (χ2n) is 7.64. The molecule has 1 aromatic carbocycles. The number of nitrogens with zero attached hydrogens (tertiary/aromatic N) is 4. The summed E-state index contributed by atoms with van der Waals surface area (Å²) < 4.78 is 9.87. The summed E-state index contributed by atoms with van der Waals surface area (Å²) in [7, 11) is 1.93. The van der Waals surface area contributed by atoms with Gasteiger partial charge in [0.15, 0.2) is 0 Å². The molecule has 7 heteroatoms. The number of carbonyl (C=O) groups is 1. The van der Waals surface area contributed by atoms with Gasteiger partial charge in [-0.2, -0.15) is 5.10 Å². The van der Waals surface area contributed by atoms with Crippen molar-refractivity contribution >= 4 is 5.91 Å². The molecule has 0 radical (unpaired) electrons. The SMILES string of the molecule is Cc1nn(C)c(C)c1[C@H]1OCC[C@@H]1NC(=O)Cc1cncn1Cc1ccccc1. The summed E-state index contributed by atoms with van der Waals surface area (Å²) in [4.78, 5) is 17.0. The molecule has 1 fully saturated rings. The van der Waals surface area contributed by atoms with Gasteiger partial charge in [0.1, 0.15) is 6.10 Å². The molecule has 0 bridgehead atoms. The van der Waals surface area contributed by atoms with E-state index in [9.17, 15) is 4.79 Å². The third-order valence-electron chi connectivity index (χ3n) is 5.62. The Morgan fingerprint density at radius 1 is 1.28 bits per heavy atom. The van der Waals surface area contributed by atoms with E-state index in [1.807, 2.05) is 48.3 Å². The van der Waals surface area contributed by atoms with E-state index in [4.69, 9.17) is 4.74 Å². The molecule has 3 aromatic rings. The normalized spacial score (nSPS) is 18.9. The third kappa shape index (κ3) is 4.10. The minimum Gasteiger partial charge on any atom is -0.371 e. The van der Waals surface area contributed by atoms with Crippen LogP contribution in [0.15, 0.2) is 42.9 Å². The van der Waals surface area contributed by atoms with E-state index in [0.717, 1.165) is 29.1 Å². The van der Waals surface area contributed by atoms with Crippen LogP contribution < -0.4 is 5.32 Å². The molecule has 29 heavy (non-hydrogen) atoms. The number of amides is 1. The maximum absolute atomic E-state index is 12.8. The van der Waals surface area contributed by atoms with Crippen LogP contribution in [-0.4, -0.2) is 37.9 Å². The molecule has 1 aliphatic rings. The molecule has 152 valence electrons. The molecule has 0 unspecified atom stereocenters. The zero-order chi connectivity index (χ0) is 20.4. The van der Waals surface area contributed by atoms with Gasteiger partial charge in [-0.1, -0.05) is 30.3 Å². The van der Waals surface area contributed by atoms with Gasteiger partial charge in [0.05, 0.1) is 24.5 Å². The fourth-order valence-electron chi connectivity index (χ4n) is 4.06. The number of aryl methyl sites for hydroxylation is 2. The molecule has 0 spiro atoms. The molecular weight excluding hydrogens is 366 g/mol. The van der Waals surface area contributed by atoms with Crippen molar-refractivity contribution in [2.75, 3.05) is 6.61 Å². The predicted octanol–water partition coefficient (Wildman–Crippen LogP) is 2.47. The minimum atomic E-state index is -0.151. The maximum Gasteiger partial charge on any atom is 0.226 e. The molecule has 0 aliphatic carbocycles. The van der Waals surface area contributed by atoms with Crippen molar-refractivity contribution in [2.24, 2.45) is 7.05 Å². The number of benzene rings is 1. The van der Waals surface area contributed by atoms with Crippen molar-refractivity contribution < 1.29 is 9.53 Å². The van der Waals surface area contributed by atoms with Gasteiger partial charge in [-0.3, -0.25) is 9.48 Å². The Morgan fingerprint density at radius 3 is 2.79 bits per heavy atom. The van der Waals surface area contributed by atoms with Gasteiger partial charge >= 0.3 is 0 Å². The monoisotopic (exact) mass is 393 g/mol. The van der Waals surface area contributed by atoms with Gasteiger partial charge in [0.2, 0.25) is 5.91 Å². The maximum atomic E-state index is 12.8. The highest BCUT2D eigenvalue weighted by atomic mass is 16.5. The zero-order valence-corrected chi connectivity index (χ0v) is 17.1. The van der Waals surface area contributed by atoms with Crippen LogP contribution in [0.5, 0.6) is 0 Å². The molecule has 4 rings (SSSR count). The van der Waals surface area contributed by atoms with Gasteiger partial charge in [0.25, 0.3) is 0 Å². The Morgan fingerprint density at radius 2 is 2.07 bits per heavy atom. The Hall–Kier alpha value is -2.93. The largest absolute Gasteiger partial charge is 0.371 e. The highest BCUT2D eigenvalue weighted by molar-refractivity contribution is 5.78. The number of aromatic nitrogens is 4. The second kappa shape index (κ2) is 8.21. The number of imidazole rings is 1. The van der Waals surface area contributed by atoms with Gasteiger partial charge in [-0.15, -0.1) is 0 Å². The first-order valence-corrected chi connectivity index (χ1v) is 9.97. The molecule has 7 nitrogen and oxygen atoms in total. The van der Waals surface area contributed by atoms with Crippen molar-refractivity contribution in [3.05, 3.63) is 71.1 Å². The number of rotatable bonds is 6. The lowest BCUT2D eigenvalue weighted by Crippen LogP contribution is -2.38. The highest BCUT2D eigenvalue weighted by Gasteiger charge is 2.34. The highest BCUT2D eigenvalue weighted by Crippen LogP contribution is 2.33. The first-order chi connectivity index (χ1) is 14.0. The lowest BCUT2D eigenvalue weighted by Gasteiger charge is -2.21. The number of hydrogen-bond acceptors (Lipinski definition) is 4. The smallest absolute Gasteiger partial charge is 0.226 e. The molecule has 1 N–H and O–H groups in total. The third-order valence-corrected chi connectivity index (χ3v) is 5.62. The fraction of sp³-hybridized carbons (Fsp3) is 0.409. The van der Waals surface area contributed by atoms with E-state index < -0.39 is 0 Å². The van der Waals surface area contributed by atoms with Crippen LogP contribution in [0.3, 0.4) is 0 Å². The Balaban J connectivity index is 1.43. The summed E-state index contributed by atoms with van der Waals surface area (Å²) in [5, 5.41) is 7.67. The molecule has 2 aromatic heterocycles. The molecular formula is C22H27N5O2. The van der Waals surface area contributed by atoms with Crippen LogP contribution in [0, 0.1) is 13.8 Å². The number of hydrogen-bond donors (Lipinski definition) is 1. The first kappa shape index (κ1) is 19.4. The number of carbonyl (C=O) groups excluding carboxylic acids is 1. The summed E-state index contributed by atoms with van der Waals surface area (Å²) in [5.74, 6) is -0.0143. The van der Waals surface area contributed by atoms with Gasteiger partial charge in [0, 0.05) is 43.3 Å². The standard InChI is InChI=1S/C22H27N5O2/c1-15-21(16(2)26(3)25-15)22-19(9-10-29-22)24-20(28)11-18-12-23-14-27(18)13-17-7-5-4-6-8-17/h4-8,12,14,19,22H,9-11,13H2,1-3H3,(H,24,28)/t19-,22-/m0/s1. The molecule has 0 saturated carbocycles. The molecule has 3 heterocycles. The van der Waals surface area contributed by atoms with E-state index >= 15 is 0 Å². The van der Waals surface area contributed by atoms with Crippen LogP contribution in [0.25, 0.3) is 0 Å². The number of nitrogens with one attached hydrogen (secondary N) is 1. The topological polar surface area (TPSA) is 74.0 Å². The van der Waals surface area contributed by atoms with E-state index in [1.54, 1.807) is 12.5 Å². The van der Waals surface area contributed by atoms with Gasteiger partial charge in [-0.05, 0) is 25.8 Å². The summed E-state index contributed by atoms with van der Waals surface area (Å²) in [6.07, 6.45) is 4.48. The summed E-state index contributed by atoms with van der Waals surface area (Å²) in [6.45, 7) is 5.37. The molecule has 1 amide bonds.